The minimum Gasteiger partial charge on any atom is -0.497 e. The first-order valence-corrected chi connectivity index (χ1v) is 10.6. The maximum atomic E-state index is 12.7. The van der Waals surface area contributed by atoms with Crippen molar-refractivity contribution in [1.29, 1.82) is 0 Å². The molecule has 0 aromatic heterocycles. The van der Waals surface area contributed by atoms with Gasteiger partial charge in [-0.1, -0.05) is 0 Å². The summed E-state index contributed by atoms with van der Waals surface area (Å²) in [7, 11) is -0.709. The van der Waals surface area contributed by atoms with Gasteiger partial charge in [0.2, 0.25) is 15.9 Å². The highest BCUT2D eigenvalue weighted by atomic mass is 32.2. The number of ether oxygens (including phenoxy) is 3. The molecular weight excluding hydrogens is 396 g/mol. The fourth-order valence-electron chi connectivity index (χ4n) is 2.81. The third-order valence-electron chi connectivity index (χ3n) is 4.47. The van der Waals surface area contributed by atoms with Crippen LogP contribution < -0.4 is 24.2 Å². The first kappa shape index (κ1) is 20.8. The number of benzene rings is 2. The number of hydrogen-bond donors (Lipinski definition) is 2. The zero-order chi connectivity index (χ0) is 21.2. The normalized spacial score (nSPS) is 15.4. The van der Waals surface area contributed by atoms with Gasteiger partial charge in [-0.05, 0) is 43.7 Å². The van der Waals surface area contributed by atoms with Crippen LogP contribution in [0.15, 0.2) is 36.4 Å². The smallest absolute Gasteiger partial charge is 0.236 e. The fraction of sp³-hybridized carbons (Fsp3) is 0.350. The molecule has 0 radical (unpaired) electrons. The van der Waals surface area contributed by atoms with Crippen molar-refractivity contribution < 1.29 is 27.4 Å². The molecule has 29 heavy (non-hydrogen) atoms. The number of methoxy groups -OCH3 is 2. The summed E-state index contributed by atoms with van der Waals surface area (Å²) >= 11 is 0. The Morgan fingerprint density at radius 1 is 1.10 bits per heavy atom. The lowest BCUT2D eigenvalue weighted by Crippen LogP contribution is -2.33. The van der Waals surface area contributed by atoms with E-state index >= 15 is 0 Å². The Morgan fingerprint density at radius 2 is 1.76 bits per heavy atom. The molecule has 3 rings (SSSR count). The molecule has 2 aromatic carbocycles. The molecule has 1 amide bonds. The highest BCUT2D eigenvalue weighted by Gasteiger charge is 2.32. The van der Waals surface area contributed by atoms with E-state index in [1.807, 2.05) is 0 Å². The van der Waals surface area contributed by atoms with Crippen molar-refractivity contribution in [3.05, 3.63) is 42.0 Å². The molecule has 8 nitrogen and oxygen atoms in total. The lowest BCUT2D eigenvalue weighted by atomic mass is 9.94. The first-order chi connectivity index (χ1) is 13.6. The molecule has 2 aromatic rings. The van der Waals surface area contributed by atoms with Crippen LogP contribution in [-0.2, 0) is 20.6 Å². The Morgan fingerprint density at radius 3 is 2.38 bits per heavy atom. The van der Waals surface area contributed by atoms with E-state index in [4.69, 9.17) is 14.2 Å². The lowest BCUT2D eigenvalue weighted by Gasteiger charge is -2.18. The van der Waals surface area contributed by atoms with E-state index in [0.29, 0.717) is 34.2 Å². The zero-order valence-electron chi connectivity index (χ0n) is 16.7. The Hall–Kier alpha value is -2.94. The fourth-order valence-corrected chi connectivity index (χ4v) is 3.97. The standard InChI is InChI=1S/C20H24N2O6S/c1-20(2)12-28-18-9-14(5-6-17(18)21-19(20)23)22-29(24,25)11-13-7-15(26-3)10-16(8-13)27-4/h5-10,22H,11-12H2,1-4H3,(H,21,23). The molecule has 0 saturated carbocycles. The highest BCUT2D eigenvalue weighted by Crippen LogP contribution is 2.34. The molecule has 0 atom stereocenters. The van der Waals surface area contributed by atoms with Gasteiger partial charge in [-0.3, -0.25) is 9.52 Å². The molecular formula is C20H24N2O6S. The molecule has 1 aliphatic heterocycles. The van der Waals surface area contributed by atoms with E-state index in [1.165, 1.54) is 14.2 Å². The highest BCUT2D eigenvalue weighted by molar-refractivity contribution is 7.91. The topological polar surface area (TPSA) is 103 Å². The van der Waals surface area contributed by atoms with Gasteiger partial charge in [-0.2, -0.15) is 0 Å². The summed E-state index contributed by atoms with van der Waals surface area (Å²) in [6, 6.07) is 9.69. The first-order valence-electron chi connectivity index (χ1n) is 8.92. The molecule has 9 heteroatoms. The van der Waals surface area contributed by atoms with Crippen LogP contribution >= 0.6 is 0 Å². The lowest BCUT2D eigenvalue weighted by molar-refractivity contribution is -0.124. The van der Waals surface area contributed by atoms with Gasteiger partial charge < -0.3 is 19.5 Å². The van der Waals surface area contributed by atoms with Crippen LogP contribution in [0.4, 0.5) is 11.4 Å². The molecule has 0 unspecified atom stereocenters. The van der Waals surface area contributed by atoms with Crippen molar-refractivity contribution >= 4 is 27.3 Å². The summed E-state index contributed by atoms with van der Waals surface area (Å²) < 4.78 is 43.9. The van der Waals surface area contributed by atoms with E-state index in [-0.39, 0.29) is 18.3 Å². The van der Waals surface area contributed by atoms with Gasteiger partial charge in [0.05, 0.1) is 36.8 Å². The van der Waals surface area contributed by atoms with Crippen molar-refractivity contribution in [1.82, 2.24) is 0 Å². The number of anilines is 2. The van der Waals surface area contributed by atoms with Gasteiger partial charge in [0.25, 0.3) is 0 Å². The molecule has 1 heterocycles. The number of amides is 1. The molecule has 156 valence electrons. The molecule has 0 saturated heterocycles. The molecule has 0 bridgehead atoms. The predicted molar refractivity (Wildman–Crippen MR) is 110 cm³/mol. The quantitative estimate of drug-likeness (QED) is 0.745. The Kier molecular flexibility index (Phi) is 5.61. The number of carbonyl (C=O) groups excluding carboxylic acids is 1. The van der Waals surface area contributed by atoms with Gasteiger partial charge >= 0.3 is 0 Å². The van der Waals surface area contributed by atoms with E-state index in [0.717, 1.165) is 0 Å². The number of fused-ring (bicyclic) bond motifs is 1. The van der Waals surface area contributed by atoms with Crippen LogP contribution in [0.5, 0.6) is 17.2 Å². The number of carbonyl (C=O) groups is 1. The van der Waals surface area contributed by atoms with Crippen molar-refractivity contribution in [2.75, 3.05) is 30.9 Å². The summed E-state index contributed by atoms with van der Waals surface area (Å²) in [4.78, 5) is 12.2. The second-order valence-corrected chi connectivity index (χ2v) is 9.14. The van der Waals surface area contributed by atoms with Crippen molar-refractivity contribution in [3.8, 4) is 17.2 Å². The van der Waals surface area contributed by atoms with Crippen LogP contribution in [0, 0.1) is 5.41 Å². The van der Waals surface area contributed by atoms with Gasteiger partial charge in [-0.15, -0.1) is 0 Å². The molecule has 0 fully saturated rings. The summed E-state index contributed by atoms with van der Waals surface area (Å²) in [5.41, 5.74) is 0.673. The van der Waals surface area contributed by atoms with Crippen LogP contribution in [0.1, 0.15) is 19.4 Å². The average Bonchev–Trinajstić information content (AvgIpc) is 2.77. The molecule has 0 aliphatic carbocycles. The van der Waals surface area contributed by atoms with E-state index in [1.54, 1.807) is 50.2 Å². The maximum Gasteiger partial charge on any atom is 0.236 e. The number of nitrogens with one attached hydrogen (secondary N) is 2. The summed E-state index contributed by atoms with van der Waals surface area (Å²) in [5, 5.41) is 2.80. The third-order valence-corrected chi connectivity index (χ3v) is 5.73. The van der Waals surface area contributed by atoms with Crippen LogP contribution in [0.2, 0.25) is 0 Å². The Labute approximate surface area is 170 Å². The summed E-state index contributed by atoms with van der Waals surface area (Å²) in [5.74, 6) is 1.00. The second kappa shape index (κ2) is 7.82. The molecule has 0 spiro atoms. The maximum absolute atomic E-state index is 12.7. The van der Waals surface area contributed by atoms with E-state index < -0.39 is 15.4 Å². The SMILES string of the molecule is COc1cc(CS(=O)(=O)Nc2ccc3c(c2)OCC(C)(C)C(=O)N3)cc(OC)c1. The number of hydrogen-bond acceptors (Lipinski definition) is 6. The Balaban J connectivity index is 1.80. The zero-order valence-corrected chi connectivity index (χ0v) is 17.6. The van der Waals surface area contributed by atoms with E-state index in [2.05, 4.69) is 10.0 Å². The van der Waals surface area contributed by atoms with Crippen LogP contribution in [0.25, 0.3) is 0 Å². The van der Waals surface area contributed by atoms with Crippen LogP contribution in [0.3, 0.4) is 0 Å². The predicted octanol–water partition coefficient (Wildman–Crippen LogP) is 3.00. The van der Waals surface area contributed by atoms with Gasteiger partial charge in [-0.25, -0.2) is 8.42 Å². The van der Waals surface area contributed by atoms with Crippen molar-refractivity contribution in [2.45, 2.75) is 19.6 Å². The molecule has 1 aliphatic rings. The number of rotatable bonds is 6. The summed E-state index contributed by atoms with van der Waals surface area (Å²) in [6.07, 6.45) is 0. The Bertz CT molecular complexity index is 1010. The van der Waals surface area contributed by atoms with Crippen molar-refractivity contribution in [3.63, 3.8) is 0 Å². The minimum atomic E-state index is -3.71. The van der Waals surface area contributed by atoms with Crippen LogP contribution in [-0.4, -0.2) is 35.2 Å². The van der Waals surface area contributed by atoms with E-state index in [9.17, 15) is 13.2 Å². The van der Waals surface area contributed by atoms with Gasteiger partial charge in [0, 0.05) is 12.1 Å². The van der Waals surface area contributed by atoms with Crippen molar-refractivity contribution in [2.24, 2.45) is 5.41 Å². The molecule has 2 N–H and O–H groups in total. The minimum absolute atomic E-state index is 0.156. The number of sulfonamides is 1. The second-order valence-electron chi connectivity index (χ2n) is 7.42. The third kappa shape index (κ3) is 4.92. The van der Waals surface area contributed by atoms with Gasteiger partial charge in [0.1, 0.15) is 23.9 Å². The monoisotopic (exact) mass is 420 g/mol. The largest absolute Gasteiger partial charge is 0.497 e. The van der Waals surface area contributed by atoms with Gasteiger partial charge in [0.15, 0.2) is 0 Å². The average molecular weight is 420 g/mol. The summed E-state index contributed by atoms with van der Waals surface area (Å²) in [6.45, 7) is 3.74.